The lowest BCUT2D eigenvalue weighted by atomic mass is 9.98. The second-order valence-corrected chi connectivity index (χ2v) is 11.5. The monoisotopic (exact) mass is 594 g/mol. The molecule has 2 amide bonds. The van der Waals surface area contributed by atoms with Crippen molar-refractivity contribution in [3.05, 3.63) is 95.6 Å². The number of amides is 2. The third-order valence-electron chi connectivity index (χ3n) is 7.40. The zero-order chi connectivity index (χ0) is 29.7. The number of carboxylic acid groups (broad SMARTS) is 1. The highest BCUT2D eigenvalue weighted by Crippen LogP contribution is 2.45. The molecule has 11 nitrogen and oxygen atoms in total. The van der Waals surface area contributed by atoms with Gasteiger partial charge in [0.25, 0.3) is 0 Å². The fourth-order valence-electron chi connectivity index (χ4n) is 5.38. The fraction of sp³-hybridized carbons (Fsp3) is 0.300. The summed E-state index contributed by atoms with van der Waals surface area (Å²) in [5, 5.41) is 12.0. The van der Waals surface area contributed by atoms with Gasteiger partial charge in [-0.05, 0) is 40.7 Å². The second-order valence-electron chi connectivity index (χ2n) is 10.1. The lowest BCUT2D eigenvalue weighted by Gasteiger charge is -2.27. The summed E-state index contributed by atoms with van der Waals surface area (Å²) in [6, 6.07) is 21.7. The second kappa shape index (κ2) is 12.9. The van der Waals surface area contributed by atoms with Gasteiger partial charge in [0.05, 0.1) is 13.2 Å². The molecule has 220 valence electrons. The van der Waals surface area contributed by atoms with E-state index in [1.54, 1.807) is 30.3 Å². The maximum atomic E-state index is 13.4. The number of alkyl carbamates (subject to hydrolysis) is 1. The van der Waals surface area contributed by atoms with E-state index >= 15 is 0 Å². The zero-order valence-electron chi connectivity index (χ0n) is 22.6. The van der Waals surface area contributed by atoms with Crippen molar-refractivity contribution < 1.29 is 42.7 Å². The number of nitrogens with zero attached hydrogens (tertiary/aromatic N) is 1. The van der Waals surface area contributed by atoms with E-state index in [1.807, 2.05) is 48.5 Å². The molecule has 12 heteroatoms. The van der Waals surface area contributed by atoms with E-state index in [2.05, 4.69) is 5.32 Å². The lowest BCUT2D eigenvalue weighted by Crippen LogP contribution is -2.53. The number of hydrogen-bond donors (Lipinski definition) is 3. The molecule has 0 radical (unpaired) electrons. The molecule has 1 heterocycles. The Bertz CT molecular complexity index is 1450. The normalized spacial score (nSPS) is 18.0. The largest absolute Gasteiger partial charge is 0.480 e. The molecule has 0 bridgehead atoms. The van der Waals surface area contributed by atoms with Crippen LogP contribution >= 0.6 is 7.82 Å². The van der Waals surface area contributed by atoms with Crippen molar-refractivity contribution in [2.45, 2.75) is 37.5 Å². The zero-order valence-corrected chi connectivity index (χ0v) is 23.5. The summed E-state index contributed by atoms with van der Waals surface area (Å²) < 4.78 is 28.2. The maximum Gasteiger partial charge on any atom is 0.472 e. The van der Waals surface area contributed by atoms with E-state index in [0.29, 0.717) is 12.0 Å². The highest BCUT2D eigenvalue weighted by Gasteiger charge is 2.39. The minimum atomic E-state index is -4.65. The van der Waals surface area contributed by atoms with Gasteiger partial charge in [-0.3, -0.25) is 13.8 Å². The van der Waals surface area contributed by atoms with Crippen LogP contribution in [0.1, 0.15) is 35.4 Å². The number of carboxylic acids is 1. The Morgan fingerprint density at radius 1 is 0.929 bits per heavy atom. The van der Waals surface area contributed by atoms with Gasteiger partial charge in [0, 0.05) is 12.5 Å². The quantitative estimate of drug-likeness (QED) is 0.276. The summed E-state index contributed by atoms with van der Waals surface area (Å²) in [5.74, 6) is -2.18. The minimum absolute atomic E-state index is 0.0260. The number of likely N-dealkylation sites (tertiary alicyclic amines) is 1. The third kappa shape index (κ3) is 6.71. The first-order chi connectivity index (χ1) is 20.2. The van der Waals surface area contributed by atoms with Crippen LogP contribution in [0.15, 0.2) is 78.9 Å². The van der Waals surface area contributed by atoms with E-state index in [-0.39, 0.29) is 32.1 Å². The molecule has 3 aromatic carbocycles. The summed E-state index contributed by atoms with van der Waals surface area (Å²) in [6.45, 7) is -0.837. The Kier molecular flexibility index (Phi) is 9.03. The first kappa shape index (κ1) is 29.5. The van der Waals surface area contributed by atoms with Gasteiger partial charge in [-0.1, -0.05) is 78.9 Å². The fourth-order valence-corrected chi connectivity index (χ4v) is 6.10. The van der Waals surface area contributed by atoms with E-state index in [9.17, 15) is 28.9 Å². The van der Waals surface area contributed by atoms with Crippen LogP contribution in [0.4, 0.5) is 4.79 Å². The van der Waals surface area contributed by atoms with E-state index in [0.717, 1.165) is 27.2 Å². The minimum Gasteiger partial charge on any atom is -0.480 e. The predicted molar refractivity (Wildman–Crippen MR) is 151 cm³/mol. The number of fused-ring (bicyclic) bond motifs is 3. The van der Waals surface area contributed by atoms with Crippen LogP contribution in [0.5, 0.6) is 0 Å². The molecular weight excluding hydrogens is 563 g/mol. The Balaban J connectivity index is 1.26. The molecule has 1 fully saturated rings. The van der Waals surface area contributed by atoms with Crippen LogP contribution < -0.4 is 5.32 Å². The van der Waals surface area contributed by atoms with Crippen molar-refractivity contribution in [2.24, 2.45) is 0 Å². The molecule has 3 aromatic rings. The van der Waals surface area contributed by atoms with E-state index in [4.69, 9.17) is 13.8 Å². The van der Waals surface area contributed by atoms with Crippen molar-refractivity contribution in [3.8, 4) is 11.1 Å². The van der Waals surface area contributed by atoms with Gasteiger partial charge >= 0.3 is 19.9 Å². The van der Waals surface area contributed by atoms with Crippen molar-refractivity contribution in [1.29, 1.82) is 0 Å². The standard InChI is InChI=1S/C30H31N2O9P/c33-28(32-16-8-15-27(32)29(34)35)26(19-41-42(37,38)40-17-20-9-2-1-3-10-20)31-30(36)39-18-25-23-13-6-4-11-21(23)22-12-5-7-14-24(22)25/h1-7,9-14,25-27H,8,15-19H2,(H,31,36)(H,34,35)(H,37,38)/t26-,27-/m0/s1. The third-order valence-corrected chi connectivity index (χ3v) is 8.33. The Morgan fingerprint density at radius 2 is 1.55 bits per heavy atom. The Labute approximate surface area is 242 Å². The van der Waals surface area contributed by atoms with Gasteiger partial charge < -0.3 is 25.0 Å². The van der Waals surface area contributed by atoms with Gasteiger partial charge in [-0.15, -0.1) is 0 Å². The first-order valence-electron chi connectivity index (χ1n) is 13.5. The Morgan fingerprint density at radius 3 is 2.19 bits per heavy atom. The van der Waals surface area contributed by atoms with Crippen molar-refractivity contribution >= 4 is 25.8 Å². The number of benzene rings is 3. The topological polar surface area (TPSA) is 152 Å². The van der Waals surface area contributed by atoms with Crippen LogP contribution in [0.3, 0.4) is 0 Å². The van der Waals surface area contributed by atoms with Crippen molar-refractivity contribution in [3.63, 3.8) is 0 Å². The molecule has 0 aromatic heterocycles. The number of aliphatic carboxylic acids is 1. The molecule has 1 aliphatic heterocycles. The average molecular weight is 595 g/mol. The van der Waals surface area contributed by atoms with Gasteiger partial charge in [0.1, 0.15) is 18.7 Å². The number of carbonyl (C=O) groups excluding carboxylic acids is 2. The number of ether oxygens (including phenoxy) is 1. The number of carbonyl (C=O) groups is 3. The smallest absolute Gasteiger partial charge is 0.472 e. The predicted octanol–water partition coefficient (Wildman–Crippen LogP) is 4.30. The van der Waals surface area contributed by atoms with Crippen LogP contribution in [-0.4, -0.2) is 64.7 Å². The molecule has 42 heavy (non-hydrogen) atoms. The highest BCUT2D eigenvalue weighted by molar-refractivity contribution is 7.47. The SMILES string of the molecule is O=C(N[C@@H](COP(=O)(O)OCc1ccccc1)C(=O)N1CCC[C@H]1C(=O)O)OCC1c2ccccc2-c2ccccc21. The number of hydrogen-bond acceptors (Lipinski definition) is 7. The molecular formula is C30H31N2O9P. The summed E-state index contributed by atoms with van der Waals surface area (Å²) in [6.07, 6.45) is -0.249. The molecule has 1 saturated heterocycles. The highest BCUT2D eigenvalue weighted by atomic mass is 31.2. The summed E-state index contributed by atoms with van der Waals surface area (Å²) >= 11 is 0. The summed E-state index contributed by atoms with van der Waals surface area (Å²) in [7, 11) is -4.65. The molecule has 3 N–H and O–H groups in total. The van der Waals surface area contributed by atoms with Gasteiger partial charge in [0.2, 0.25) is 5.91 Å². The number of nitrogens with one attached hydrogen (secondary N) is 1. The van der Waals surface area contributed by atoms with Gasteiger partial charge in [0.15, 0.2) is 0 Å². The molecule has 0 spiro atoms. The summed E-state index contributed by atoms with van der Waals surface area (Å²) in [5.41, 5.74) is 4.72. The number of phosphoric acid groups is 1. The van der Waals surface area contributed by atoms with Crippen LogP contribution in [0.2, 0.25) is 0 Å². The maximum absolute atomic E-state index is 13.4. The molecule has 2 aliphatic rings. The van der Waals surface area contributed by atoms with Gasteiger partial charge in [-0.25, -0.2) is 14.2 Å². The average Bonchev–Trinajstić information content (AvgIpc) is 3.61. The lowest BCUT2D eigenvalue weighted by molar-refractivity contribution is -0.149. The van der Waals surface area contributed by atoms with Crippen LogP contribution in [-0.2, 0) is 34.5 Å². The summed E-state index contributed by atoms with van der Waals surface area (Å²) in [4.78, 5) is 49.4. The Hall–Kier alpha value is -4.02. The molecule has 0 saturated carbocycles. The van der Waals surface area contributed by atoms with E-state index < -0.39 is 44.5 Å². The first-order valence-corrected chi connectivity index (χ1v) is 15.0. The number of phosphoric ester groups is 1. The molecule has 1 aliphatic carbocycles. The van der Waals surface area contributed by atoms with E-state index in [1.165, 1.54) is 0 Å². The van der Waals surface area contributed by atoms with Crippen LogP contribution in [0.25, 0.3) is 11.1 Å². The van der Waals surface area contributed by atoms with Gasteiger partial charge in [-0.2, -0.15) is 0 Å². The molecule has 5 rings (SSSR count). The molecule has 1 unspecified atom stereocenters. The van der Waals surface area contributed by atoms with Crippen molar-refractivity contribution in [1.82, 2.24) is 10.2 Å². The van der Waals surface area contributed by atoms with Crippen molar-refractivity contribution in [2.75, 3.05) is 19.8 Å². The molecule has 3 atom stereocenters. The van der Waals surface area contributed by atoms with Crippen LogP contribution in [0, 0.1) is 0 Å². The number of rotatable bonds is 11.